The summed E-state index contributed by atoms with van der Waals surface area (Å²) in [5.74, 6) is -0.257. The lowest BCUT2D eigenvalue weighted by molar-refractivity contribution is -0.116. The average molecular weight is 413 g/mol. The monoisotopic (exact) mass is 412 g/mol. The van der Waals surface area contributed by atoms with Crippen molar-refractivity contribution in [2.75, 3.05) is 5.32 Å². The van der Waals surface area contributed by atoms with Crippen LogP contribution in [0.1, 0.15) is 23.2 Å². The van der Waals surface area contributed by atoms with E-state index in [0.717, 1.165) is 21.7 Å². The fraction of sp³-hybridized carbons (Fsp3) is 0.0800. The van der Waals surface area contributed by atoms with Crippen molar-refractivity contribution in [3.63, 3.8) is 0 Å². The van der Waals surface area contributed by atoms with E-state index >= 15 is 0 Å². The van der Waals surface area contributed by atoms with Crippen LogP contribution in [0, 0.1) is 0 Å². The van der Waals surface area contributed by atoms with E-state index in [1.54, 1.807) is 12.1 Å². The van der Waals surface area contributed by atoms with E-state index in [-0.39, 0.29) is 24.5 Å². The Morgan fingerprint density at radius 1 is 0.733 bits per heavy atom. The number of nitrogens with zero attached hydrogens (tertiary/aromatic N) is 1. The van der Waals surface area contributed by atoms with Gasteiger partial charge in [0.2, 0.25) is 5.91 Å². The maximum absolute atomic E-state index is 12.4. The Labute approximate surface area is 179 Å². The number of aromatic nitrogens is 1. The molecule has 0 spiro atoms. The molecular formula is C25H20N2O2S. The molecule has 1 aromatic heterocycles. The molecule has 0 fully saturated rings. The number of Topliss-reactive ketones (excluding diaryl/α,β-unsaturated/α-hetero) is 1. The zero-order chi connectivity index (χ0) is 20.8. The third-order valence-electron chi connectivity index (χ3n) is 4.63. The Kier molecular flexibility index (Phi) is 6.11. The number of hydrogen-bond donors (Lipinski definition) is 1. The van der Waals surface area contributed by atoms with Gasteiger partial charge < -0.3 is 5.32 Å². The van der Waals surface area contributed by atoms with E-state index in [9.17, 15) is 9.59 Å². The molecule has 4 rings (SSSR count). The van der Waals surface area contributed by atoms with Gasteiger partial charge in [-0.1, -0.05) is 102 Å². The molecule has 0 atom stereocenters. The summed E-state index contributed by atoms with van der Waals surface area (Å²) in [6, 6.07) is 28.9. The van der Waals surface area contributed by atoms with Crippen molar-refractivity contribution in [1.82, 2.24) is 4.98 Å². The first-order valence-corrected chi connectivity index (χ1v) is 10.5. The SMILES string of the molecule is O=C(CCC(=O)c1ccccc1)Nc1nc(-c2ccccc2)c(-c2ccccc2)s1. The van der Waals surface area contributed by atoms with Gasteiger partial charge in [0.1, 0.15) is 0 Å². The summed E-state index contributed by atoms with van der Waals surface area (Å²) in [7, 11) is 0. The van der Waals surface area contributed by atoms with Crippen molar-refractivity contribution < 1.29 is 9.59 Å². The second kappa shape index (κ2) is 9.29. The molecule has 148 valence electrons. The fourth-order valence-electron chi connectivity index (χ4n) is 3.13. The lowest BCUT2D eigenvalue weighted by Gasteiger charge is -2.02. The first-order chi connectivity index (χ1) is 14.7. The summed E-state index contributed by atoms with van der Waals surface area (Å²) in [5.41, 5.74) is 3.50. The Morgan fingerprint density at radius 3 is 1.93 bits per heavy atom. The number of hydrogen-bond acceptors (Lipinski definition) is 4. The molecule has 30 heavy (non-hydrogen) atoms. The van der Waals surface area contributed by atoms with Gasteiger partial charge in [0.25, 0.3) is 0 Å². The minimum atomic E-state index is -0.216. The average Bonchev–Trinajstić information content (AvgIpc) is 3.23. The third kappa shape index (κ3) is 4.70. The first kappa shape index (κ1) is 19.7. The summed E-state index contributed by atoms with van der Waals surface area (Å²) in [5, 5.41) is 3.40. The van der Waals surface area contributed by atoms with Gasteiger partial charge in [-0.3, -0.25) is 9.59 Å². The van der Waals surface area contributed by atoms with Crippen molar-refractivity contribution in [2.45, 2.75) is 12.8 Å². The van der Waals surface area contributed by atoms with E-state index < -0.39 is 0 Å². The molecule has 3 aromatic carbocycles. The van der Waals surface area contributed by atoms with Gasteiger partial charge in [0.15, 0.2) is 10.9 Å². The predicted molar refractivity (Wildman–Crippen MR) is 122 cm³/mol. The van der Waals surface area contributed by atoms with E-state index in [0.29, 0.717) is 10.7 Å². The summed E-state index contributed by atoms with van der Waals surface area (Å²) in [4.78, 5) is 30.4. The molecule has 1 amide bonds. The van der Waals surface area contributed by atoms with Crippen molar-refractivity contribution in [3.8, 4) is 21.7 Å². The lowest BCUT2D eigenvalue weighted by atomic mass is 10.1. The molecule has 0 unspecified atom stereocenters. The Bertz CT molecular complexity index is 1080. The Morgan fingerprint density at radius 2 is 1.30 bits per heavy atom. The largest absolute Gasteiger partial charge is 0.302 e. The van der Waals surface area contributed by atoms with E-state index in [4.69, 9.17) is 0 Å². The van der Waals surface area contributed by atoms with Crippen LogP contribution in [0.15, 0.2) is 91.0 Å². The molecule has 0 aliphatic rings. The van der Waals surface area contributed by atoms with Crippen LogP contribution in [0.5, 0.6) is 0 Å². The minimum absolute atomic E-state index is 0.0418. The van der Waals surface area contributed by atoms with E-state index in [2.05, 4.69) is 10.3 Å². The number of benzene rings is 3. The smallest absolute Gasteiger partial charge is 0.226 e. The number of amides is 1. The second-order valence-corrected chi connectivity index (χ2v) is 7.77. The normalized spacial score (nSPS) is 10.5. The number of thiazole rings is 1. The molecule has 5 heteroatoms. The number of ketones is 1. The second-order valence-electron chi connectivity index (χ2n) is 6.77. The summed E-state index contributed by atoms with van der Waals surface area (Å²) in [6.45, 7) is 0. The van der Waals surface area contributed by atoms with Gasteiger partial charge in [-0.25, -0.2) is 4.98 Å². The van der Waals surface area contributed by atoms with Crippen LogP contribution in [0.2, 0.25) is 0 Å². The number of carbonyl (C=O) groups is 2. The molecule has 1 heterocycles. The maximum Gasteiger partial charge on any atom is 0.226 e. The Balaban J connectivity index is 1.51. The van der Waals surface area contributed by atoms with Crippen molar-refractivity contribution in [1.29, 1.82) is 0 Å². The highest BCUT2D eigenvalue weighted by molar-refractivity contribution is 7.19. The molecule has 4 aromatic rings. The standard InChI is InChI=1S/C25H20N2O2S/c28-21(18-10-4-1-5-11-18)16-17-22(29)26-25-27-23(19-12-6-2-7-13-19)24(30-25)20-14-8-3-9-15-20/h1-15H,16-17H2,(H,26,27,29). The summed E-state index contributed by atoms with van der Waals surface area (Å²) in [6.07, 6.45) is 0.285. The van der Waals surface area contributed by atoms with Crippen molar-refractivity contribution in [2.24, 2.45) is 0 Å². The maximum atomic E-state index is 12.4. The predicted octanol–water partition coefficient (Wildman–Crippen LogP) is 6.08. The van der Waals surface area contributed by atoms with Crippen molar-refractivity contribution in [3.05, 3.63) is 96.6 Å². The highest BCUT2D eigenvalue weighted by Gasteiger charge is 2.17. The number of nitrogens with one attached hydrogen (secondary N) is 1. The number of carbonyl (C=O) groups excluding carboxylic acids is 2. The topological polar surface area (TPSA) is 59.1 Å². The van der Waals surface area contributed by atoms with Gasteiger partial charge in [-0.2, -0.15) is 0 Å². The van der Waals surface area contributed by atoms with Crippen LogP contribution in [0.25, 0.3) is 21.7 Å². The van der Waals surface area contributed by atoms with Crippen LogP contribution >= 0.6 is 11.3 Å². The van der Waals surface area contributed by atoms with E-state index in [1.165, 1.54) is 11.3 Å². The highest BCUT2D eigenvalue weighted by Crippen LogP contribution is 2.38. The van der Waals surface area contributed by atoms with Gasteiger partial charge in [0.05, 0.1) is 10.6 Å². The molecule has 0 bridgehead atoms. The highest BCUT2D eigenvalue weighted by atomic mass is 32.1. The van der Waals surface area contributed by atoms with Gasteiger partial charge >= 0.3 is 0 Å². The van der Waals surface area contributed by atoms with Gasteiger partial charge in [0, 0.05) is 24.0 Å². The minimum Gasteiger partial charge on any atom is -0.302 e. The number of anilines is 1. The number of rotatable bonds is 7. The van der Waals surface area contributed by atoms with Crippen LogP contribution in [0.3, 0.4) is 0 Å². The van der Waals surface area contributed by atoms with Crippen LogP contribution < -0.4 is 5.32 Å². The fourth-order valence-corrected chi connectivity index (χ4v) is 4.14. The molecule has 0 saturated heterocycles. The van der Waals surface area contributed by atoms with Crippen molar-refractivity contribution >= 4 is 28.2 Å². The molecule has 1 N–H and O–H groups in total. The van der Waals surface area contributed by atoms with Crippen LogP contribution in [-0.2, 0) is 4.79 Å². The summed E-state index contributed by atoms with van der Waals surface area (Å²) >= 11 is 1.44. The van der Waals surface area contributed by atoms with E-state index in [1.807, 2.05) is 78.9 Å². The zero-order valence-electron chi connectivity index (χ0n) is 16.2. The molecule has 0 saturated carbocycles. The molecule has 4 nitrogen and oxygen atoms in total. The van der Waals surface area contributed by atoms with Crippen LogP contribution in [0.4, 0.5) is 5.13 Å². The first-order valence-electron chi connectivity index (χ1n) is 9.70. The molecule has 0 aliphatic carbocycles. The zero-order valence-corrected chi connectivity index (χ0v) is 17.1. The Hall–Kier alpha value is -3.57. The summed E-state index contributed by atoms with van der Waals surface area (Å²) < 4.78 is 0. The molecular weight excluding hydrogens is 392 g/mol. The third-order valence-corrected chi connectivity index (χ3v) is 5.65. The van der Waals surface area contributed by atoms with Gasteiger partial charge in [-0.15, -0.1) is 0 Å². The van der Waals surface area contributed by atoms with Crippen LogP contribution in [-0.4, -0.2) is 16.7 Å². The lowest BCUT2D eigenvalue weighted by Crippen LogP contribution is -2.13. The molecule has 0 radical (unpaired) electrons. The quantitative estimate of drug-likeness (QED) is 0.374. The molecule has 0 aliphatic heterocycles. The van der Waals surface area contributed by atoms with Gasteiger partial charge in [-0.05, 0) is 5.56 Å².